The second kappa shape index (κ2) is 39.3. The van der Waals surface area contributed by atoms with Crippen LogP contribution in [0, 0.1) is 0 Å². The van der Waals surface area contributed by atoms with E-state index in [0.29, 0.717) is 12.8 Å². The fourth-order valence-electron chi connectivity index (χ4n) is 7.43. The van der Waals surface area contributed by atoms with Crippen molar-refractivity contribution in [3.05, 3.63) is 36.5 Å². The molecule has 6 unspecified atom stereocenters. The average molecular weight is 917 g/mol. The number of unbranched alkanes of at least 4 members (excludes halogenated alkanes) is 23. The molecule has 1 aliphatic carbocycles. The summed E-state index contributed by atoms with van der Waals surface area (Å²) >= 11 is 0. The number of esters is 2. The van der Waals surface area contributed by atoms with Gasteiger partial charge in [0.05, 0.1) is 6.61 Å². The van der Waals surface area contributed by atoms with E-state index < -0.39 is 75.7 Å². The third-order valence-electron chi connectivity index (χ3n) is 11.5. The number of carbonyl (C=O) groups is 2. The van der Waals surface area contributed by atoms with Gasteiger partial charge >= 0.3 is 19.8 Å². The van der Waals surface area contributed by atoms with Crippen LogP contribution >= 0.6 is 7.82 Å². The molecular weight excluding hydrogens is 827 g/mol. The summed E-state index contributed by atoms with van der Waals surface area (Å²) in [5, 5.41) is 50.2. The average Bonchev–Trinajstić information content (AvgIpc) is 3.26. The summed E-state index contributed by atoms with van der Waals surface area (Å²) in [6, 6.07) is 0. The van der Waals surface area contributed by atoms with E-state index >= 15 is 0 Å². The van der Waals surface area contributed by atoms with Crippen molar-refractivity contribution in [1.29, 1.82) is 0 Å². The fourth-order valence-corrected chi connectivity index (χ4v) is 8.40. The number of carbonyl (C=O) groups excluding carboxylic acids is 2. The van der Waals surface area contributed by atoms with Crippen LogP contribution in [-0.2, 0) is 32.7 Å². The van der Waals surface area contributed by atoms with Gasteiger partial charge in [-0.15, -0.1) is 0 Å². The minimum Gasteiger partial charge on any atom is -0.462 e. The van der Waals surface area contributed by atoms with Gasteiger partial charge in [-0.3, -0.25) is 18.6 Å². The first kappa shape index (κ1) is 59.1. The summed E-state index contributed by atoms with van der Waals surface area (Å²) in [6.07, 6.45) is 31.8. The van der Waals surface area contributed by atoms with Crippen LogP contribution in [0.3, 0.4) is 0 Å². The van der Waals surface area contributed by atoms with Gasteiger partial charge in [0.25, 0.3) is 0 Å². The lowest BCUT2D eigenvalue weighted by atomic mass is 9.85. The predicted octanol–water partition coefficient (Wildman–Crippen LogP) is 10.2. The summed E-state index contributed by atoms with van der Waals surface area (Å²) < 4.78 is 33.6. The van der Waals surface area contributed by atoms with Crippen LogP contribution in [0.5, 0.6) is 0 Å². The molecule has 1 fully saturated rings. The Labute approximate surface area is 380 Å². The minimum atomic E-state index is -5.12. The summed E-state index contributed by atoms with van der Waals surface area (Å²) in [7, 11) is -5.12. The van der Waals surface area contributed by atoms with Gasteiger partial charge in [-0.25, -0.2) is 4.57 Å². The predicted molar refractivity (Wildman–Crippen MR) is 249 cm³/mol. The lowest BCUT2D eigenvalue weighted by molar-refractivity contribution is -0.220. The van der Waals surface area contributed by atoms with Crippen LogP contribution in [0.1, 0.15) is 206 Å². The molecule has 0 amide bonds. The van der Waals surface area contributed by atoms with Gasteiger partial charge in [0.15, 0.2) is 6.10 Å². The molecule has 63 heavy (non-hydrogen) atoms. The first-order valence-electron chi connectivity index (χ1n) is 24.8. The van der Waals surface area contributed by atoms with E-state index in [-0.39, 0.29) is 12.8 Å². The number of allylic oxidation sites excluding steroid dienone is 6. The molecule has 0 aromatic carbocycles. The van der Waals surface area contributed by atoms with E-state index in [0.717, 1.165) is 77.0 Å². The quantitative estimate of drug-likeness (QED) is 0.0146. The van der Waals surface area contributed by atoms with Crippen molar-refractivity contribution in [2.75, 3.05) is 13.2 Å². The van der Waals surface area contributed by atoms with Gasteiger partial charge in [-0.1, -0.05) is 159 Å². The number of rotatable bonds is 41. The van der Waals surface area contributed by atoms with E-state index in [1.165, 1.54) is 89.9 Å². The number of aliphatic hydroxyl groups excluding tert-OH is 5. The van der Waals surface area contributed by atoms with Crippen LogP contribution < -0.4 is 0 Å². The van der Waals surface area contributed by atoms with Crippen molar-refractivity contribution >= 4 is 19.8 Å². The van der Waals surface area contributed by atoms with Gasteiger partial charge in [0.1, 0.15) is 43.2 Å². The molecule has 0 aromatic heterocycles. The molecule has 13 nitrogen and oxygen atoms in total. The monoisotopic (exact) mass is 917 g/mol. The molecular formula is C49H89O13P. The van der Waals surface area contributed by atoms with Crippen LogP contribution in [0.15, 0.2) is 36.5 Å². The lowest BCUT2D eigenvalue weighted by Gasteiger charge is -2.41. The van der Waals surface area contributed by atoms with Gasteiger partial charge in [0, 0.05) is 12.8 Å². The summed E-state index contributed by atoms with van der Waals surface area (Å²) in [5.41, 5.74) is 0. The molecule has 368 valence electrons. The maximum Gasteiger partial charge on any atom is 0.472 e. The van der Waals surface area contributed by atoms with Crippen LogP contribution in [0.2, 0.25) is 0 Å². The maximum absolute atomic E-state index is 12.8. The van der Waals surface area contributed by atoms with Crippen molar-refractivity contribution in [2.24, 2.45) is 0 Å². The third kappa shape index (κ3) is 31.6. The number of aliphatic hydroxyl groups is 5. The molecule has 6 N–H and O–H groups in total. The molecule has 1 aliphatic rings. The van der Waals surface area contributed by atoms with Crippen molar-refractivity contribution in [3.8, 4) is 0 Å². The maximum atomic E-state index is 12.8. The number of hydrogen-bond acceptors (Lipinski definition) is 12. The topological polar surface area (TPSA) is 210 Å². The fraction of sp³-hybridized carbons (Fsp3) is 0.837. The first-order valence-corrected chi connectivity index (χ1v) is 26.3. The van der Waals surface area contributed by atoms with Crippen LogP contribution in [-0.4, -0.2) is 98.3 Å². The molecule has 0 spiro atoms. The highest BCUT2D eigenvalue weighted by atomic mass is 31.2. The van der Waals surface area contributed by atoms with E-state index in [2.05, 4.69) is 50.3 Å². The van der Waals surface area contributed by atoms with E-state index in [4.69, 9.17) is 18.5 Å². The Bertz CT molecular complexity index is 1240. The molecule has 8 atom stereocenters. The largest absolute Gasteiger partial charge is 0.472 e. The van der Waals surface area contributed by atoms with E-state index in [1.807, 2.05) is 0 Å². The summed E-state index contributed by atoms with van der Waals surface area (Å²) in [6.45, 7) is 3.27. The van der Waals surface area contributed by atoms with Crippen molar-refractivity contribution < 1.29 is 63.1 Å². The highest BCUT2D eigenvalue weighted by Gasteiger charge is 2.51. The minimum absolute atomic E-state index is 0.0932. The molecule has 0 aromatic rings. The second-order valence-electron chi connectivity index (χ2n) is 17.3. The number of phosphoric acid groups is 1. The smallest absolute Gasteiger partial charge is 0.462 e. The molecule has 1 rings (SSSR count). The number of ether oxygens (including phenoxy) is 2. The lowest BCUT2D eigenvalue weighted by Crippen LogP contribution is -2.64. The Hall–Kier alpha value is -1.93. The Balaban J connectivity index is 2.43. The van der Waals surface area contributed by atoms with Crippen molar-refractivity contribution in [1.82, 2.24) is 0 Å². The molecule has 0 heterocycles. The SMILES string of the molecule is CCCCC/C=C/C/C=C/CCCCCCCCCC(=O)OC[C@@H](COP(=O)(O)OC1C(O)C(O)C(O)[C@H](O)C1O)OC(=O)CCCCCCCCCCC/C=C/CCCCCC. The van der Waals surface area contributed by atoms with E-state index in [1.54, 1.807) is 0 Å². The first-order chi connectivity index (χ1) is 30.4. The highest BCUT2D eigenvalue weighted by molar-refractivity contribution is 7.47. The third-order valence-corrected chi connectivity index (χ3v) is 12.4. The highest BCUT2D eigenvalue weighted by Crippen LogP contribution is 2.47. The molecule has 0 aliphatic heterocycles. The second-order valence-corrected chi connectivity index (χ2v) is 18.7. The summed E-state index contributed by atoms with van der Waals surface area (Å²) in [4.78, 5) is 35.8. The zero-order valence-corrected chi connectivity index (χ0v) is 40.0. The standard InChI is InChI=1S/C49H89O13P/c1-3-5-7-9-11-13-15-17-19-21-23-25-27-29-31-33-35-37-42(50)59-39-41(40-60-63(57,58)62-49-47(55)45(53)44(52)46(54)48(49)56)61-43(51)38-36-34-32-30-28-26-24-22-20-18-16-14-12-10-8-6-4-2/h11,13-14,16-17,19,41,44-49,52-56H,3-10,12,15,18,20-40H2,1-2H3,(H,57,58)/b13-11+,16-14+,19-17+/t41-,44?,45-,46?,47?,48?,49?/m0/s1. The molecule has 0 saturated heterocycles. The zero-order chi connectivity index (χ0) is 46.4. The Morgan fingerprint density at radius 2 is 0.857 bits per heavy atom. The Kier molecular flexibility index (Phi) is 36.8. The summed E-state index contributed by atoms with van der Waals surface area (Å²) in [5.74, 6) is -1.11. The molecule has 0 bridgehead atoms. The number of hydrogen-bond donors (Lipinski definition) is 6. The van der Waals surface area contributed by atoms with E-state index in [9.17, 15) is 44.6 Å². The Morgan fingerprint density at radius 1 is 0.492 bits per heavy atom. The van der Waals surface area contributed by atoms with Crippen molar-refractivity contribution in [3.63, 3.8) is 0 Å². The van der Waals surface area contributed by atoms with Crippen LogP contribution in [0.4, 0.5) is 0 Å². The Morgan fingerprint density at radius 3 is 1.33 bits per heavy atom. The van der Waals surface area contributed by atoms with Gasteiger partial charge < -0.3 is 39.9 Å². The number of phosphoric ester groups is 1. The van der Waals surface area contributed by atoms with Gasteiger partial charge in [-0.2, -0.15) is 0 Å². The van der Waals surface area contributed by atoms with Gasteiger partial charge in [0.2, 0.25) is 0 Å². The van der Waals surface area contributed by atoms with Crippen molar-refractivity contribution in [2.45, 2.75) is 249 Å². The van der Waals surface area contributed by atoms with Crippen LogP contribution in [0.25, 0.3) is 0 Å². The van der Waals surface area contributed by atoms with Gasteiger partial charge in [-0.05, 0) is 70.6 Å². The molecule has 1 saturated carbocycles. The molecule has 14 heteroatoms. The zero-order valence-electron chi connectivity index (χ0n) is 39.1. The molecule has 0 radical (unpaired) electrons. The normalized spacial score (nSPS) is 22.0.